The highest BCUT2D eigenvalue weighted by Gasteiger charge is 2.22. The van der Waals surface area contributed by atoms with Crippen molar-refractivity contribution in [2.75, 3.05) is 30.7 Å². The van der Waals surface area contributed by atoms with Gasteiger partial charge in [-0.2, -0.15) is 4.98 Å². The van der Waals surface area contributed by atoms with Crippen LogP contribution in [-0.4, -0.2) is 89.5 Å². The minimum Gasteiger partial charge on any atom is -0.480 e. The predicted molar refractivity (Wildman–Crippen MR) is 169 cm³/mol. The number of anilines is 2. The maximum Gasteiger partial charge on any atom is 0.326 e. The number of aliphatic carboxylic acids is 2. The summed E-state index contributed by atoms with van der Waals surface area (Å²) in [5, 5.41) is 27.0. The number of carboxylic acid groups (broad SMARTS) is 2. The summed E-state index contributed by atoms with van der Waals surface area (Å²) in [5.41, 5.74) is 7.21. The second-order valence-electron chi connectivity index (χ2n) is 10.4. The Morgan fingerprint density at radius 1 is 1.00 bits per heavy atom. The lowest BCUT2D eigenvalue weighted by atomic mass is 10.1. The first-order valence-corrected chi connectivity index (χ1v) is 14.6. The average Bonchev–Trinajstić information content (AvgIpc) is 3.04. The number of pyridine rings is 1. The smallest absolute Gasteiger partial charge is 0.326 e. The summed E-state index contributed by atoms with van der Waals surface area (Å²) in [6.07, 6.45) is 3.28. The van der Waals surface area contributed by atoms with E-state index in [9.17, 15) is 34.2 Å². The van der Waals surface area contributed by atoms with Crippen molar-refractivity contribution in [2.24, 2.45) is 0 Å². The Morgan fingerprint density at radius 2 is 1.79 bits per heavy atom. The van der Waals surface area contributed by atoms with E-state index >= 15 is 0 Å². The largest absolute Gasteiger partial charge is 0.480 e. The lowest BCUT2D eigenvalue weighted by molar-refractivity contribution is -0.140. The van der Waals surface area contributed by atoms with Crippen LogP contribution in [0.15, 0.2) is 59.7 Å². The quantitative estimate of drug-likeness (QED) is 0.0765. The summed E-state index contributed by atoms with van der Waals surface area (Å²) in [6, 6.07) is 10.3. The zero-order chi connectivity index (χ0) is 33.8. The van der Waals surface area contributed by atoms with Gasteiger partial charge in [-0.05, 0) is 49.2 Å². The first-order valence-electron chi connectivity index (χ1n) is 14.6. The molecule has 246 valence electrons. The van der Waals surface area contributed by atoms with E-state index < -0.39 is 35.4 Å². The zero-order valence-electron chi connectivity index (χ0n) is 25.2. The molecule has 0 saturated carbocycles. The molecule has 47 heavy (non-hydrogen) atoms. The van der Waals surface area contributed by atoms with Gasteiger partial charge in [0.25, 0.3) is 11.5 Å². The molecule has 1 aromatic carbocycles. The van der Waals surface area contributed by atoms with Gasteiger partial charge in [0, 0.05) is 43.5 Å². The monoisotopic (exact) mass is 646 g/mol. The van der Waals surface area contributed by atoms with Crippen molar-refractivity contribution >= 4 is 46.6 Å². The van der Waals surface area contributed by atoms with Crippen molar-refractivity contribution in [1.82, 2.24) is 40.5 Å². The number of aromatic amines is 1. The number of hydrogen-bond donors (Lipinski definition) is 7. The van der Waals surface area contributed by atoms with E-state index in [2.05, 4.69) is 40.9 Å². The highest BCUT2D eigenvalue weighted by atomic mass is 16.4. The summed E-state index contributed by atoms with van der Waals surface area (Å²) in [5.74, 6) is -3.33. The predicted octanol–water partition coefficient (Wildman–Crippen LogP) is 0.359. The van der Waals surface area contributed by atoms with Gasteiger partial charge < -0.3 is 31.9 Å². The number of carboxylic acids is 2. The van der Waals surface area contributed by atoms with Crippen LogP contribution in [0.3, 0.4) is 0 Å². The minimum atomic E-state index is -1.30. The molecule has 0 saturated heterocycles. The van der Waals surface area contributed by atoms with Crippen LogP contribution in [0.5, 0.6) is 0 Å². The number of carbonyl (C=O) groups is 4. The van der Waals surface area contributed by atoms with Gasteiger partial charge in [-0.3, -0.25) is 34.0 Å². The van der Waals surface area contributed by atoms with Gasteiger partial charge in [0.05, 0.1) is 30.7 Å². The lowest BCUT2D eigenvalue weighted by Gasteiger charge is -2.20. The van der Waals surface area contributed by atoms with Gasteiger partial charge in [0.1, 0.15) is 6.04 Å². The maximum atomic E-state index is 12.7. The van der Waals surface area contributed by atoms with Crippen LogP contribution in [0.1, 0.15) is 41.0 Å². The number of fused-ring (bicyclic) bond motifs is 1. The van der Waals surface area contributed by atoms with Crippen molar-refractivity contribution in [3.8, 4) is 0 Å². The fourth-order valence-electron chi connectivity index (χ4n) is 4.51. The number of H-pyrrole nitrogens is 1. The molecule has 0 spiro atoms. The molecule has 17 nitrogen and oxygen atoms in total. The van der Waals surface area contributed by atoms with E-state index in [1.54, 1.807) is 35.4 Å². The molecule has 4 rings (SSSR count). The molecule has 0 fully saturated rings. The van der Waals surface area contributed by atoms with Gasteiger partial charge in [0.2, 0.25) is 11.9 Å². The molecule has 0 bridgehead atoms. The van der Waals surface area contributed by atoms with Crippen molar-refractivity contribution in [1.29, 1.82) is 0 Å². The number of rotatable bonds is 17. The molecular formula is C30H34N10O7. The van der Waals surface area contributed by atoms with E-state index in [4.69, 9.17) is 5.73 Å². The van der Waals surface area contributed by atoms with Crippen molar-refractivity contribution in [2.45, 2.75) is 38.4 Å². The standard InChI is InChI=1S/C30H34N10O7/c31-30-38-26-25(28(45)39-30)36-21(15-35-26)14-34-19-7-5-18(6-8-19)27(44)37-22(29(46)47)9-10-23(41)33-12-3-13-40(17-24(42)43)16-20-4-1-2-11-32-20/h1-2,4-8,11,15,22,34H,3,9-10,12-14,16-17H2,(H,33,41)(H,37,44)(H,42,43)(H,46,47)(H3,31,35,38,39,45). The van der Waals surface area contributed by atoms with Gasteiger partial charge >= 0.3 is 11.9 Å². The number of benzene rings is 1. The summed E-state index contributed by atoms with van der Waals surface area (Å²) in [6.45, 7) is 1.05. The average molecular weight is 647 g/mol. The van der Waals surface area contributed by atoms with E-state index in [-0.39, 0.29) is 55.2 Å². The molecule has 8 N–H and O–H groups in total. The Bertz CT molecular complexity index is 1770. The number of aromatic nitrogens is 5. The SMILES string of the molecule is Nc1nc2ncc(CNc3ccc(C(=O)NC(CCC(=O)NCCCN(CC(=O)O)Cc4ccccn4)C(=O)O)cc3)nc2c(=O)[nH]1. The summed E-state index contributed by atoms with van der Waals surface area (Å²) < 4.78 is 0. The molecule has 0 radical (unpaired) electrons. The highest BCUT2D eigenvalue weighted by Crippen LogP contribution is 2.12. The van der Waals surface area contributed by atoms with Crippen LogP contribution < -0.4 is 27.2 Å². The number of carbonyl (C=O) groups excluding carboxylic acids is 2. The number of nitrogens with zero attached hydrogens (tertiary/aromatic N) is 5. The van der Waals surface area contributed by atoms with E-state index in [1.807, 2.05) is 6.07 Å². The Labute approximate surface area is 267 Å². The lowest BCUT2D eigenvalue weighted by Crippen LogP contribution is -2.41. The van der Waals surface area contributed by atoms with Gasteiger partial charge in [-0.25, -0.2) is 14.8 Å². The topological polar surface area (TPSA) is 259 Å². The first-order chi connectivity index (χ1) is 22.6. The van der Waals surface area contributed by atoms with Crippen LogP contribution in [0.4, 0.5) is 11.6 Å². The third kappa shape index (κ3) is 10.6. The summed E-state index contributed by atoms with van der Waals surface area (Å²) in [7, 11) is 0. The minimum absolute atomic E-state index is 0.0489. The summed E-state index contributed by atoms with van der Waals surface area (Å²) in [4.78, 5) is 80.7. The second-order valence-corrected chi connectivity index (χ2v) is 10.4. The molecule has 4 aromatic rings. The van der Waals surface area contributed by atoms with Crippen molar-refractivity contribution in [3.63, 3.8) is 0 Å². The molecule has 0 aliphatic carbocycles. The molecule has 3 aromatic heterocycles. The highest BCUT2D eigenvalue weighted by molar-refractivity contribution is 5.97. The number of amides is 2. The zero-order valence-corrected chi connectivity index (χ0v) is 25.2. The van der Waals surface area contributed by atoms with Crippen LogP contribution in [0.2, 0.25) is 0 Å². The molecule has 3 heterocycles. The second kappa shape index (κ2) is 16.4. The van der Waals surface area contributed by atoms with Gasteiger partial charge in [-0.1, -0.05) is 6.07 Å². The summed E-state index contributed by atoms with van der Waals surface area (Å²) >= 11 is 0. The van der Waals surface area contributed by atoms with E-state index in [1.165, 1.54) is 18.3 Å². The first kappa shape index (κ1) is 33.9. The van der Waals surface area contributed by atoms with Gasteiger partial charge in [0.15, 0.2) is 11.2 Å². The Balaban J connectivity index is 1.20. The molecule has 0 aliphatic heterocycles. The number of nitrogen functional groups attached to an aromatic ring is 1. The molecule has 1 atom stereocenters. The van der Waals surface area contributed by atoms with Crippen molar-refractivity contribution < 1.29 is 29.4 Å². The fourth-order valence-corrected chi connectivity index (χ4v) is 4.51. The maximum absolute atomic E-state index is 12.7. The van der Waals surface area contributed by atoms with Crippen LogP contribution in [0, 0.1) is 0 Å². The van der Waals surface area contributed by atoms with E-state index in [0.29, 0.717) is 30.9 Å². The molecule has 2 amide bonds. The van der Waals surface area contributed by atoms with Crippen molar-refractivity contribution in [3.05, 3.63) is 82.2 Å². The van der Waals surface area contributed by atoms with Gasteiger partial charge in [-0.15, -0.1) is 0 Å². The van der Waals surface area contributed by atoms with Crippen LogP contribution in [-0.2, 0) is 27.5 Å². The fraction of sp³-hybridized carbons (Fsp3) is 0.300. The number of nitrogens with two attached hydrogens (primary N) is 1. The number of nitrogens with one attached hydrogen (secondary N) is 4. The normalized spacial score (nSPS) is 11.6. The Morgan fingerprint density at radius 3 is 2.49 bits per heavy atom. The molecule has 0 aliphatic rings. The number of hydrogen-bond acceptors (Lipinski definition) is 12. The van der Waals surface area contributed by atoms with Crippen LogP contribution in [0.25, 0.3) is 11.2 Å². The third-order valence-corrected chi connectivity index (χ3v) is 6.81. The van der Waals surface area contributed by atoms with E-state index in [0.717, 1.165) is 5.69 Å². The Hall–Kier alpha value is -5.97. The third-order valence-electron chi connectivity index (χ3n) is 6.81. The molecule has 17 heteroatoms. The molecular weight excluding hydrogens is 612 g/mol. The van der Waals surface area contributed by atoms with Crippen LogP contribution >= 0.6 is 0 Å². The molecule has 1 unspecified atom stereocenters. The Kier molecular flexibility index (Phi) is 11.8.